The molecule has 3 rings (SSSR count). The molecule has 98 valence electrons. The van der Waals surface area contributed by atoms with E-state index in [1.165, 1.54) is 0 Å². The number of hydrogen-bond donors (Lipinski definition) is 0. The lowest BCUT2D eigenvalue weighted by Crippen LogP contribution is -2.14. The monoisotopic (exact) mass is 261 g/mol. The van der Waals surface area contributed by atoms with Gasteiger partial charge in [0.2, 0.25) is 0 Å². The predicted molar refractivity (Wildman–Crippen MR) is 78.4 cm³/mol. The van der Waals surface area contributed by atoms with Crippen molar-refractivity contribution in [2.45, 2.75) is 19.3 Å². The molecule has 0 N–H and O–H groups in total. The van der Waals surface area contributed by atoms with E-state index in [-0.39, 0.29) is 11.8 Å². The molecule has 3 heteroatoms. The van der Waals surface area contributed by atoms with Crippen LogP contribution in [0.1, 0.15) is 35.4 Å². The third kappa shape index (κ3) is 1.57. The van der Waals surface area contributed by atoms with Crippen molar-refractivity contribution >= 4 is 11.6 Å². The van der Waals surface area contributed by atoms with Crippen LogP contribution in [0.4, 0.5) is 0 Å². The minimum absolute atomic E-state index is 0.143. The van der Waals surface area contributed by atoms with Gasteiger partial charge in [0.15, 0.2) is 0 Å². The quantitative estimate of drug-likeness (QED) is 0.719. The molecule has 0 bridgehead atoms. The maximum Gasteiger partial charge on any atom is 0.0998 e. The van der Waals surface area contributed by atoms with E-state index in [9.17, 15) is 10.5 Å². The van der Waals surface area contributed by atoms with Gasteiger partial charge in [0.05, 0.1) is 23.6 Å². The smallest absolute Gasteiger partial charge is 0.0998 e. The molecule has 1 aromatic heterocycles. The minimum Gasteiger partial charge on any atom is -0.349 e. The molecule has 0 radical (unpaired) electrons. The Morgan fingerprint density at radius 1 is 1.35 bits per heavy atom. The highest BCUT2D eigenvalue weighted by Gasteiger charge is 2.31. The summed E-state index contributed by atoms with van der Waals surface area (Å²) in [6.07, 6.45) is 10.8. The standard InChI is InChI=1S/C17H15N3/c1-11-7-8-13-16-12(9-18)5-3-4-6-15(16)20(2)17(13)14(11)10-19/h3-5,7-8,11,14H,6H2,1-2H3/t11-,14-/m0/s1. The van der Waals surface area contributed by atoms with Crippen LogP contribution < -0.4 is 0 Å². The van der Waals surface area contributed by atoms with Crippen LogP contribution in [0.2, 0.25) is 0 Å². The largest absolute Gasteiger partial charge is 0.349 e. The fourth-order valence-electron chi connectivity index (χ4n) is 3.17. The van der Waals surface area contributed by atoms with Gasteiger partial charge >= 0.3 is 0 Å². The summed E-state index contributed by atoms with van der Waals surface area (Å²) in [5.74, 6) is 0.0608. The zero-order valence-electron chi connectivity index (χ0n) is 11.6. The summed E-state index contributed by atoms with van der Waals surface area (Å²) in [5.41, 5.74) is 4.89. The Morgan fingerprint density at radius 3 is 2.85 bits per heavy atom. The van der Waals surface area contributed by atoms with Gasteiger partial charge in [-0.05, 0) is 12.0 Å². The lowest BCUT2D eigenvalue weighted by atomic mass is 9.83. The maximum absolute atomic E-state index is 9.48. The number of fused-ring (bicyclic) bond motifs is 3. The second-order valence-corrected chi connectivity index (χ2v) is 5.33. The average molecular weight is 261 g/mol. The molecule has 3 nitrogen and oxygen atoms in total. The summed E-state index contributed by atoms with van der Waals surface area (Å²) < 4.78 is 2.11. The summed E-state index contributed by atoms with van der Waals surface area (Å²) >= 11 is 0. The van der Waals surface area contributed by atoms with Crippen LogP contribution in [-0.4, -0.2) is 4.57 Å². The fraction of sp³-hybridized carbons (Fsp3) is 0.294. The van der Waals surface area contributed by atoms with Crippen LogP contribution in [0.25, 0.3) is 11.6 Å². The SMILES string of the molecule is C[C@H]1C=Cc2c3c(n(C)c2[C@H]1C#N)CC=CC=C3C#N. The molecule has 2 aliphatic rings. The van der Waals surface area contributed by atoms with E-state index in [1.807, 2.05) is 19.2 Å². The number of allylic oxidation sites excluding steroid dienone is 5. The van der Waals surface area contributed by atoms with Gasteiger partial charge in [0, 0.05) is 36.0 Å². The van der Waals surface area contributed by atoms with Crippen LogP contribution in [0, 0.1) is 28.6 Å². The van der Waals surface area contributed by atoms with Gasteiger partial charge < -0.3 is 4.57 Å². The molecular weight excluding hydrogens is 246 g/mol. The van der Waals surface area contributed by atoms with Crippen molar-refractivity contribution in [1.29, 1.82) is 10.5 Å². The highest BCUT2D eigenvalue weighted by Crippen LogP contribution is 2.41. The van der Waals surface area contributed by atoms with Crippen molar-refractivity contribution < 1.29 is 0 Å². The molecule has 2 aliphatic carbocycles. The number of hydrogen-bond acceptors (Lipinski definition) is 2. The summed E-state index contributed by atoms with van der Waals surface area (Å²) in [6.45, 7) is 2.06. The number of aromatic nitrogens is 1. The molecule has 0 aliphatic heterocycles. The number of rotatable bonds is 0. The van der Waals surface area contributed by atoms with E-state index in [1.54, 1.807) is 0 Å². The molecule has 0 spiro atoms. The average Bonchev–Trinajstić information content (AvgIpc) is 2.64. The van der Waals surface area contributed by atoms with E-state index in [0.29, 0.717) is 5.57 Å². The summed E-state index contributed by atoms with van der Waals surface area (Å²) in [5, 5.41) is 18.9. The van der Waals surface area contributed by atoms with Crippen LogP contribution in [0.5, 0.6) is 0 Å². The first-order valence-electron chi connectivity index (χ1n) is 6.75. The zero-order chi connectivity index (χ0) is 14.3. The van der Waals surface area contributed by atoms with Crippen molar-refractivity contribution in [2.24, 2.45) is 13.0 Å². The lowest BCUT2D eigenvalue weighted by molar-refractivity contribution is 0.601. The molecule has 0 saturated heterocycles. The summed E-state index contributed by atoms with van der Waals surface area (Å²) in [4.78, 5) is 0. The maximum atomic E-state index is 9.48. The Hall–Kier alpha value is -2.52. The fourth-order valence-corrected chi connectivity index (χ4v) is 3.17. The molecule has 0 unspecified atom stereocenters. The van der Waals surface area contributed by atoms with Gasteiger partial charge in [-0.15, -0.1) is 0 Å². The topological polar surface area (TPSA) is 52.5 Å². The first kappa shape index (κ1) is 12.5. The van der Waals surface area contributed by atoms with Gasteiger partial charge in [-0.3, -0.25) is 0 Å². The van der Waals surface area contributed by atoms with Gasteiger partial charge in [-0.1, -0.05) is 31.2 Å². The lowest BCUT2D eigenvalue weighted by Gasteiger charge is -2.21. The highest BCUT2D eigenvalue weighted by atomic mass is 15.0. The van der Waals surface area contributed by atoms with Crippen molar-refractivity contribution in [3.63, 3.8) is 0 Å². The van der Waals surface area contributed by atoms with Crippen LogP contribution >= 0.6 is 0 Å². The van der Waals surface area contributed by atoms with Crippen LogP contribution in [0.3, 0.4) is 0 Å². The molecule has 2 atom stereocenters. The number of nitriles is 2. The molecule has 1 heterocycles. The molecule has 20 heavy (non-hydrogen) atoms. The normalized spacial score (nSPS) is 23.1. The Morgan fingerprint density at radius 2 is 2.15 bits per heavy atom. The predicted octanol–water partition coefficient (Wildman–Crippen LogP) is 3.31. The van der Waals surface area contributed by atoms with E-state index in [4.69, 9.17) is 0 Å². The second-order valence-electron chi connectivity index (χ2n) is 5.33. The molecule has 0 aromatic carbocycles. The van der Waals surface area contributed by atoms with Crippen molar-refractivity contribution in [1.82, 2.24) is 4.57 Å². The van der Waals surface area contributed by atoms with E-state index in [2.05, 4.69) is 41.9 Å². The molecule has 0 fully saturated rings. The summed E-state index contributed by atoms with van der Waals surface area (Å²) in [7, 11) is 2.00. The summed E-state index contributed by atoms with van der Waals surface area (Å²) in [6, 6.07) is 4.70. The second kappa shape index (κ2) is 4.54. The van der Waals surface area contributed by atoms with E-state index < -0.39 is 0 Å². The third-order valence-corrected chi connectivity index (χ3v) is 4.23. The Labute approximate surface area is 118 Å². The highest BCUT2D eigenvalue weighted by molar-refractivity contribution is 5.87. The van der Waals surface area contributed by atoms with Gasteiger partial charge in [0.25, 0.3) is 0 Å². The molecule has 0 amide bonds. The van der Waals surface area contributed by atoms with E-state index in [0.717, 1.165) is 28.9 Å². The third-order valence-electron chi connectivity index (χ3n) is 4.23. The van der Waals surface area contributed by atoms with Crippen LogP contribution in [0.15, 0.2) is 24.3 Å². The van der Waals surface area contributed by atoms with Gasteiger partial charge in [0.1, 0.15) is 0 Å². The Balaban J connectivity index is 2.34. The van der Waals surface area contributed by atoms with E-state index >= 15 is 0 Å². The first-order chi connectivity index (χ1) is 9.69. The molecular formula is C17H15N3. The zero-order valence-corrected chi connectivity index (χ0v) is 11.6. The number of nitrogens with zero attached hydrogens (tertiary/aromatic N) is 3. The Kier molecular flexibility index (Phi) is 2.84. The minimum atomic E-state index is -0.143. The Bertz CT molecular complexity index is 745. The molecule has 0 saturated carbocycles. The van der Waals surface area contributed by atoms with Crippen molar-refractivity contribution in [3.05, 3.63) is 46.8 Å². The molecule has 1 aromatic rings. The van der Waals surface area contributed by atoms with Crippen molar-refractivity contribution in [3.8, 4) is 12.1 Å². The van der Waals surface area contributed by atoms with Gasteiger partial charge in [-0.25, -0.2) is 0 Å². The van der Waals surface area contributed by atoms with Crippen molar-refractivity contribution in [2.75, 3.05) is 0 Å². The van der Waals surface area contributed by atoms with Gasteiger partial charge in [-0.2, -0.15) is 10.5 Å². The first-order valence-corrected chi connectivity index (χ1v) is 6.75. The van der Waals surface area contributed by atoms with Crippen LogP contribution in [-0.2, 0) is 13.5 Å².